The van der Waals surface area contributed by atoms with Crippen LogP contribution in [0.25, 0.3) is 0 Å². The molecule has 1 aromatic rings. The fourth-order valence-electron chi connectivity index (χ4n) is 6.93. The Bertz CT molecular complexity index is 821. The molecule has 28 heavy (non-hydrogen) atoms. The number of nitrogens with one attached hydrogen (secondary N) is 1. The molecule has 0 radical (unpaired) electrons. The Labute approximate surface area is 162 Å². The Morgan fingerprint density at radius 2 is 1.75 bits per heavy atom. The van der Waals surface area contributed by atoms with Crippen LogP contribution in [-0.2, 0) is 17.6 Å². The minimum atomic E-state index is -4.24. The Hall–Kier alpha value is -1.66. The zero-order valence-electron chi connectivity index (χ0n) is 16.2. The number of fused-ring (bicyclic) bond motifs is 1. The molecule has 5 aliphatic carbocycles. The van der Waals surface area contributed by atoms with Gasteiger partial charge < -0.3 is 0 Å². The Balaban J connectivity index is 1.43. The van der Waals surface area contributed by atoms with Crippen molar-refractivity contribution < 1.29 is 18.0 Å². The molecule has 5 aliphatic rings. The summed E-state index contributed by atoms with van der Waals surface area (Å²) >= 11 is 0. The number of aryl methyl sites for hydroxylation is 2. The third kappa shape index (κ3) is 2.68. The average Bonchev–Trinajstić information content (AvgIpc) is 2.60. The molecule has 6 rings (SSSR count). The summed E-state index contributed by atoms with van der Waals surface area (Å²) in [4.78, 5) is 22.3. The fourth-order valence-corrected chi connectivity index (χ4v) is 6.93. The predicted octanol–water partition coefficient (Wildman–Crippen LogP) is 4.75. The average molecular weight is 393 g/mol. The smallest absolute Gasteiger partial charge is 0.294 e. The third-order valence-electron chi connectivity index (χ3n) is 7.76. The van der Waals surface area contributed by atoms with Crippen LogP contribution in [0.5, 0.6) is 0 Å². The maximum absolute atomic E-state index is 13.9. The molecule has 0 aromatic carbocycles. The first kappa shape index (κ1) is 18.4. The van der Waals surface area contributed by atoms with Gasteiger partial charge in [0, 0.05) is 11.4 Å². The van der Waals surface area contributed by atoms with Gasteiger partial charge in [0.15, 0.2) is 0 Å². The largest absolute Gasteiger partial charge is 0.394 e. The van der Waals surface area contributed by atoms with Crippen molar-refractivity contribution in [2.75, 3.05) is 5.32 Å². The van der Waals surface area contributed by atoms with Gasteiger partial charge >= 0.3 is 6.18 Å². The first-order valence-corrected chi connectivity index (χ1v) is 10.4. The van der Waals surface area contributed by atoms with Crippen molar-refractivity contribution in [2.24, 2.45) is 22.7 Å². The molecule has 1 amide bonds. The van der Waals surface area contributed by atoms with Crippen molar-refractivity contribution in [3.8, 4) is 0 Å². The molecule has 7 heteroatoms. The highest BCUT2D eigenvalue weighted by atomic mass is 19.4. The van der Waals surface area contributed by atoms with Crippen LogP contribution >= 0.6 is 0 Å². The number of nitrogens with zero attached hydrogens (tertiary/aromatic N) is 2. The van der Waals surface area contributed by atoms with Crippen LogP contribution in [0, 0.1) is 29.6 Å². The number of aromatic nitrogens is 2. The summed E-state index contributed by atoms with van der Waals surface area (Å²) in [5.74, 6) is -0.0371. The first-order valence-electron chi connectivity index (χ1n) is 10.4. The molecule has 0 aliphatic heterocycles. The second kappa shape index (κ2) is 5.92. The topological polar surface area (TPSA) is 54.9 Å². The number of hydrogen-bond donors (Lipinski definition) is 1. The van der Waals surface area contributed by atoms with E-state index in [0.717, 1.165) is 49.1 Å². The van der Waals surface area contributed by atoms with E-state index in [1.807, 2.05) is 6.92 Å². The number of rotatable bonds is 2. The molecule has 0 saturated heterocycles. The number of anilines is 1. The molecular formula is C21H26F3N3O. The lowest BCUT2D eigenvalue weighted by atomic mass is 9.43. The zero-order chi connectivity index (χ0) is 19.7. The first-order chi connectivity index (χ1) is 13.2. The minimum Gasteiger partial charge on any atom is -0.294 e. The van der Waals surface area contributed by atoms with Crippen LogP contribution in [-0.4, -0.2) is 22.1 Å². The summed E-state index contributed by atoms with van der Waals surface area (Å²) in [6, 6.07) is 0. The number of hydrogen-bond acceptors (Lipinski definition) is 3. The zero-order valence-corrected chi connectivity index (χ0v) is 16.2. The number of alkyl halides is 3. The number of carbonyl (C=O) groups is 1. The molecule has 0 spiro atoms. The van der Waals surface area contributed by atoms with E-state index >= 15 is 0 Å². The summed E-state index contributed by atoms with van der Waals surface area (Å²) in [5, 5.41) is 2.83. The summed E-state index contributed by atoms with van der Waals surface area (Å²) in [7, 11) is 0. The van der Waals surface area contributed by atoms with E-state index in [2.05, 4.69) is 15.3 Å². The summed E-state index contributed by atoms with van der Waals surface area (Å²) in [6.45, 7) is 1.92. The van der Waals surface area contributed by atoms with Crippen LogP contribution in [0.15, 0.2) is 0 Å². The van der Waals surface area contributed by atoms with Crippen LogP contribution in [0.2, 0.25) is 0 Å². The molecular weight excluding hydrogens is 367 g/mol. The van der Waals surface area contributed by atoms with Gasteiger partial charge in [-0.2, -0.15) is 13.2 Å². The van der Waals surface area contributed by atoms with Gasteiger partial charge in [-0.3, -0.25) is 10.1 Å². The predicted molar refractivity (Wildman–Crippen MR) is 97.6 cm³/mol. The van der Waals surface area contributed by atoms with Gasteiger partial charge in [-0.1, -0.05) is 0 Å². The van der Waals surface area contributed by atoms with Crippen molar-refractivity contribution in [3.05, 3.63) is 17.0 Å². The van der Waals surface area contributed by atoms with Gasteiger partial charge in [0.1, 0.15) is 0 Å². The molecule has 1 heterocycles. The van der Waals surface area contributed by atoms with Crippen molar-refractivity contribution in [2.45, 2.75) is 77.3 Å². The molecule has 4 saturated carbocycles. The molecule has 4 nitrogen and oxygen atoms in total. The van der Waals surface area contributed by atoms with Crippen LogP contribution in [0.3, 0.4) is 0 Å². The Morgan fingerprint density at radius 1 is 1.07 bits per heavy atom. The van der Waals surface area contributed by atoms with E-state index in [1.165, 1.54) is 0 Å². The number of halogens is 3. The van der Waals surface area contributed by atoms with Crippen molar-refractivity contribution >= 4 is 11.9 Å². The molecule has 2 atom stereocenters. The van der Waals surface area contributed by atoms with Gasteiger partial charge in [-0.15, -0.1) is 0 Å². The summed E-state index contributed by atoms with van der Waals surface area (Å²) in [5.41, 5.74) is 0.409. The molecule has 1 N–H and O–H groups in total. The fraction of sp³-hybridized carbons (Fsp3) is 0.762. The number of amides is 1. The van der Waals surface area contributed by atoms with Crippen LogP contribution < -0.4 is 5.32 Å². The molecule has 4 bridgehead atoms. The van der Waals surface area contributed by atoms with Crippen molar-refractivity contribution in [1.82, 2.24) is 9.97 Å². The molecule has 4 fully saturated rings. The van der Waals surface area contributed by atoms with Crippen LogP contribution in [0.1, 0.15) is 68.3 Å². The second-order valence-electron chi connectivity index (χ2n) is 9.74. The summed E-state index contributed by atoms with van der Waals surface area (Å²) in [6.07, 6.45) is 2.04. The summed E-state index contributed by atoms with van der Waals surface area (Å²) < 4.78 is 41.8. The minimum absolute atomic E-state index is 0.000174. The quantitative estimate of drug-likeness (QED) is 0.789. The van der Waals surface area contributed by atoms with E-state index in [4.69, 9.17) is 0 Å². The molecule has 1 aromatic heterocycles. The van der Waals surface area contributed by atoms with Gasteiger partial charge in [0.05, 0.1) is 10.8 Å². The van der Waals surface area contributed by atoms with Gasteiger partial charge in [0.25, 0.3) is 0 Å². The van der Waals surface area contributed by atoms with E-state index in [9.17, 15) is 18.0 Å². The van der Waals surface area contributed by atoms with E-state index in [-0.39, 0.29) is 43.0 Å². The third-order valence-corrected chi connectivity index (χ3v) is 7.76. The van der Waals surface area contributed by atoms with E-state index in [1.54, 1.807) is 0 Å². The highest BCUT2D eigenvalue weighted by Crippen LogP contribution is 2.69. The highest BCUT2D eigenvalue weighted by Gasteiger charge is 2.68. The van der Waals surface area contributed by atoms with Gasteiger partial charge in [-0.25, -0.2) is 9.97 Å². The standard InChI is InChI=1S/C21H26F3N3O/c1-12-15-4-2-3-5-16(15)26-18(25-12)27-17(28)19-7-13-6-14(8-19)10-20(9-13,11-19)21(22,23)24/h13-14H,2-11H2,1H3,(H,25,26,27,28). The Morgan fingerprint density at radius 3 is 2.43 bits per heavy atom. The SMILES string of the molecule is Cc1nc(NC(=O)C23CC4CC(C2)CC(C(F)(F)F)(C4)C3)nc2c1CCCC2. The monoisotopic (exact) mass is 393 g/mol. The maximum Gasteiger partial charge on any atom is 0.394 e. The molecule has 2 unspecified atom stereocenters. The second-order valence-corrected chi connectivity index (χ2v) is 9.74. The normalized spacial score (nSPS) is 36.3. The molecule has 152 valence electrons. The van der Waals surface area contributed by atoms with Gasteiger partial charge in [-0.05, 0) is 88.5 Å². The van der Waals surface area contributed by atoms with Gasteiger partial charge in [0.2, 0.25) is 11.9 Å². The lowest BCUT2D eigenvalue weighted by Gasteiger charge is -2.61. The lowest BCUT2D eigenvalue weighted by molar-refractivity contribution is -0.283. The van der Waals surface area contributed by atoms with E-state index < -0.39 is 17.0 Å². The number of carbonyl (C=O) groups excluding carboxylic acids is 1. The Kier molecular flexibility index (Phi) is 3.89. The van der Waals surface area contributed by atoms with Crippen molar-refractivity contribution in [1.29, 1.82) is 0 Å². The van der Waals surface area contributed by atoms with Crippen LogP contribution in [0.4, 0.5) is 19.1 Å². The van der Waals surface area contributed by atoms with E-state index in [0.29, 0.717) is 12.8 Å². The maximum atomic E-state index is 13.9. The lowest BCUT2D eigenvalue weighted by Crippen LogP contribution is -2.60. The van der Waals surface area contributed by atoms with Crippen molar-refractivity contribution in [3.63, 3.8) is 0 Å². The highest BCUT2D eigenvalue weighted by molar-refractivity contribution is 5.94.